The summed E-state index contributed by atoms with van der Waals surface area (Å²) in [6, 6.07) is 5.61. The van der Waals surface area contributed by atoms with Crippen molar-refractivity contribution in [3.05, 3.63) is 38.3 Å². The minimum absolute atomic E-state index is 0.115. The number of hydrogen-bond donors (Lipinski definition) is 1. The number of nitrogens with one attached hydrogen (secondary N) is 1. The molecule has 7 heteroatoms. The summed E-state index contributed by atoms with van der Waals surface area (Å²) in [7, 11) is 4.28. The molecule has 0 bridgehead atoms. The fourth-order valence-electron chi connectivity index (χ4n) is 2.54. The van der Waals surface area contributed by atoms with E-state index >= 15 is 0 Å². The lowest BCUT2D eigenvalue weighted by atomic mass is 10.1. The SMILES string of the molecule is CN1CCN(C)C(CNCc2cccc([N+](=O)[O-])c2Br)C1. The van der Waals surface area contributed by atoms with Gasteiger partial charge in [0.25, 0.3) is 5.69 Å². The number of nitro benzene ring substituents is 1. The van der Waals surface area contributed by atoms with Crippen molar-refractivity contribution >= 4 is 21.6 Å². The van der Waals surface area contributed by atoms with E-state index in [1.165, 1.54) is 6.07 Å². The van der Waals surface area contributed by atoms with Crippen molar-refractivity contribution in [3.63, 3.8) is 0 Å². The fraction of sp³-hybridized carbons (Fsp3) is 0.571. The van der Waals surface area contributed by atoms with E-state index in [-0.39, 0.29) is 10.6 Å². The quantitative estimate of drug-likeness (QED) is 0.642. The number of hydrogen-bond acceptors (Lipinski definition) is 5. The molecule has 1 aromatic rings. The number of halogens is 1. The van der Waals surface area contributed by atoms with Crippen molar-refractivity contribution in [1.29, 1.82) is 0 Å². The first-order chi connectivity index (χ1) is 9.99. The van der Waals surface area contributed by atoms with Crippen LogP contribution in [0.25, 0.3) is 0 Å². The predicted molar refractivity (Wildman–Crippen MR) is 86.4 cm³/mol. The molecule has 1 aliphatic heterocycles. The average molecular weight is 357 g/mol. The standard InChI is InChI=1S/C14H21BrN4O2/c1-17-6-7-18(2)12(10-17)9-16-8-11-4-3-5-13(14(11)15)19(20)21/h3-5,12,16H,6-10H2,1-2H3. The maximum absolute atomic E-state index is 10.9. The van der Waals surface area contributed by atoms with Crippen LogP contribution < -0.4 is 5.32 Å². The highest BCUT2D eigenvalue weighted by Crippen LogP contribution is 2.28. The van der Waals surface area contributed by atoms with Crippen LogP contribution in [0.5, 0.6) is 0 Å². The van der Waals surface area contributed by atoms with Gasteiger partial charge in [-0.15, -0.1) is 0 Å². The molecule has 6 nitrogen and oxygen atoms in total. The van der Waals surface area contributed by atoms with Crippen LogP contribution in [0, 0.1) is 10.1 Å². The summed E-state index contributed by atoms with van der Waals surface area (Å²) in [4.78, 5) is 15.2. The summed E-state index contributed by atoms with van der Waals surface area (Å²) in [6.45, 7) is 4.71. The van der Waals surface area contributed by atoms with E-state index < -0.39 is 0 Å². The Hall–Kier alpha value is -1.02. The van der Waals surface area contributed by atoms with E-state index in [0.717, 1.165) is 31.7 Å². The van der Waals surface area contributed by atoms with Gasteiger partial charge in [0.15, 0.2) is 0 Å². The molecule has 1 fully saturated rings. The first-order valence-corrected chi connectivity index (χ1v) is 7.79. The van der Waals surface area contributed by atoms with Crippen molar-refractivity contribution in [1.82, 2.24) is 15.1 Å². The highest BCUT2D eigenvalue weighted by molar-refractivity contribution is 9.10. The second-order valence-corrected chi connectivity index (χ2v) is 6.33. The Morgan fingerprint density at radius 1 is 1.43 bits per heavy atom. The molecule has 0 radical (unpaired) electrons. The van der Waals surface area contributed by atoms with Gasteiger partial charge in [-0.3, -0.25) is 15.0 Å². The molecule has 0 aliphatic carbocycles. The van der Waals surface area contributed by atoms with Crippen LogP contribution in [0.1, 0.15) is 5.56 Å². The molecule has 1 unspecified atom stereocenters. The van der Waals surface area contributed by atoms with E-state index in [9.17, 15) is 10.1 Å². The third-order valence-electron chi connectivity index (χ3n) is 3.93. The lowest BCUT2D eigenvalue weighted by molar-refractivity contribution is -0.385. The van der Waals surface area contributed by atoms with Gasteiger partial charge in [0, 0.05) is 44.8 Å². The molecule has 1 aliphatic rings. The van der Waals surface area contributed by atoms with E-state index in [4.69, 9.17) is 0 Å². The molecule has 0 amide bonds. The molecule has 0 spiro atoms. The highest BCUT2D eigenvalue weighted by atomic mass is 79.9. The van der Waals surface area contributed by atoms with Gasteiger partial charge in [-0.1, -0.05) is 12.1 Å². The van der Waals surface area contributed by atoms with Crippen LogP contribution >= 0.6 is 15.9 Å². The normalized spacial score (nSPS) is 20.6. The zero-order valence-electron chi connectivity index (χ0n) is 12.4. The third-order valence-corrected chi connectivity index (χ3v) is 4.85. The van der Waals surface area contributed by atoms with Gasteiger partial charge < -0.3 is 10.2 Å². The molecule has 116 valence electrons. The Morgan fingerprint density at radius 3 is 2.90 bits per heavy atom. The molecule has 21 heavy (non-hydrogen) atoms. The Kier molecular flexibility index (Phi) is 5.69. The topological polar surface area (TPSA) is 61.6 Å². The molecule has 1 atom stereocenters. The van der Waals surface area contributed by atoms with Crippen LogP contribution in [0.3, 0.4) is 0 Å². The number of piperazine rings is 1. The maximum Gasteiger partial charge on any atom is 0.283 e. The lowest BCUT2D eigenvalue weighted by Gasteiger charge is -2.37. The van der Waals surface area contributed by atoms with E-state index in [1.807, 2.05) is 6.07 Å². The van der Waals surface area contributed by atoms with Gasteiger partial charge in [-0.25, -0.2) is 0 Å². The minimum atomic E-state index is -0.364. The van der Waals surface area contributed by atoms with Crippen molar-refractivity contribution in [2.75, 3.05) is 40.3 Å². The molecule has 1 heterocycles. The number of nitrogens with zero attached hydrogens (tertiary/aromatic N) is 3. The molecule has 1 N–H and O–H groups in total. The van der Waals surface area contributed by atoms with Gasteiger partial charge in [0.2, 0.25) is 0 Å². The fourth-order valence-corrected chi connectivity index (χ4v) is 3.09. The Bertz CT molecular complexity index is 512. The summed E-state index contributed by atoms with van der Waals surface area (Å²) in [5, 5.41) is 14.3. The highest BCUT2D eigenvalue weighted by Gasteiger charge is 2.22. The molecular weight excluding hydrogens is 336 g/mol. The Balaban J connectivity index is 1.91. The number of rotatable bonds is 5. The zero-order valence-corrected chi connectivity index (χ0v) is 14.0. The van der Waals surface area contributed by atoms with Crippen LogP contribution in [0.2, 0.25) is 0 Å². The van der Waals surface area contributed by atoms with Crippen molar-refractivity contribution < 1.29 is 4.92 Å². The van der Waals surface area contributed by atoms with Crippen LogP contribution in [0.15, 0.2) is 22.7 Å². The monoisotopic (exact) mass is 356 g/mol. The minimum Gasteiger partial charge on any atom is -0.311 e. The van der Waals surface area contributed by atoms with Gasteiger partial charge >= 0.3 is 0 Å². The molecule has 1 saturated heterocycles. The van der Waals surface area contributed by atoms with Gasteiger partial charge in [-0.2, -0.15) is 0 Å². The molecule has 2 rings (SSSR count). The second-order valence-electron chi connectivity index (χ2n) is 5.53. The molecule has 0 aromatic heterocycles. The summed E-state index contributed by atoms with van der Waals surface area (Å²) in [5.41, 5.74) is 1.03. The first-order valence-electron chi connectivity index (χ1n) is 7.00. The molecule has 0 saturated carbocycles. The average Bonchev–Trinajstić information content (AvgIpc) is 2.44. The van der Waals surface area contributed by atoms with Gasteiger partial charge in [-0.05, 0) is 35.6 Å². The molecular formula is C14H21BrN4O2. The Labute approximate surface area is 133 Å². The lowest BCUT2D eigenvalue weighted by Crippen LogP contribution is -2.53. The summed E-state index contributed by atoms with van der Waals surface area (Å²) in [5.74, 6) is 0. The van der Waals surface area contributed by atoms with Crippen molar-refractivity contribution in [3.8, 4) is 0 Å². The molecule has 1 aromatic carbocycles. The summed E-state index contributed by atoms with van der Waals surface area (Å²) < 4.78 is 0.566. The summed E-state index contributed by atoms with van der Waals surface area (Å²) >= 11 is 3.33. The maximum atomic E-state index is 10.9. The van der Waals surface area contributed by atoms with E-state index in [0.29, 0.717) is 17.1 Å². The smallest absolute Gasteiger partial charge is 0.283 e. The van der Waals surface area contributed by atoms with Crippen LogP contribution in [-0.4, -0.2) is 61.0 Å². The van der Waals surface area contributed by atoms with Gasteiger partial charge in [0.1, 0.15) is 0 Å². The van der Waals surface area contributed by atoms with E-state index in [1.54, 1.807) is 6.07 Å². The third kappa shape index (κ3) is 4.23. The largest absolute Gasteiger partial charge is 0.311 e. The van der Waals surface area contributed by atoms with Crippen LogP contribution in [-0.2, 0) is 6.54 Å². The predicted octanol–water partition coefficient (Wildman–Crippen LogP) is 1.69. The van der Waals surface area contributed by atoms with E-state index in [2.05, 4.69) is 45.1 Å². The number of benzene rings is 1. The van der Waals surface area contributed by atoms with Crippen molar-refractivity contribution in [2.45, 2.75) is 12.6 Å². The number of nitro groups is 1. The second kappa shape index (κ2) is 7.31. The van der Waals surface area contributed by atoms with Gasteiger partial charge in [0.05, 0.1) is 9.40 Å². The zero-order chi connectivity index (χ0) is 15.4. The Morgan fingerprint density at radius 2 is 2.19 bits per heavy atom. The summed E-state index contributed by atoms with van der Waals surface area (Å²) in [6.07, 6.45) is 0. The van der Waals surface area contributed by atoms with Crippen molar-refractivity contribution in [2.24, 2.45) is 0 Å². The first kappa shape index (κ1) is 16.4. The number of likely N-dealkylation sites (N-methyl/N-ethyl adjacent to an activating group) is 2. The van der Waals surface area contributed by atoms with Crippen LogP contribution in [0.4, 0.5) is 5.69 Å².